The van der Waals surface area contributed by atoms with E-state index in [-0.39, 0.29) is 5.28 Å². The SMILES string of the molecule is Cc1nc(Cl)nc(N2CCN(S(C)(=O)=O)CC2)c1N. The van der Waals surface area contributed by atoms with Crippen LogP contribution < -0.4 is 10.6 Å². The van der Waals surface area contributed by atoms with E-state index in [0.717, 1.165) is 0 Å². The predicted molar refractivity (Wildman–Crippen MR) is 74.8 cm³/mol. The summed E-state index contributed by atoms with van der Waals surface area (Å²) in [6.07, 6.45) is 1.21. The zero-order valence-electron chi connectivity index (χ0n) is 10.8. The molecular weight excluding hydrogens is 290 g/mol. The van der Waals surface area contributed by atoms with Gasteiger partial charge in [-0.1, -0.05) is 0 Å². The molecular formula is C10H16ClN5O2S. The summed E-state index contributed by atoms with van der Waals surface area (Å²) >= 11 is 5.83. The molecule has 1 aromatic heterocycles. The molecule has 0 spiro atoms. The molecule has 0 amide bonds. The van der Waals surface area contributed by atoms with Gasteiger partial charge in [-0.3, -0.25) is 0 Å². The number of aryl methyl sites for hydroxylation is 1. The van der Waals surface area contributed by atoms with Crippen LogP contribution >= 0.6 is 11.6 Å². The highest BCUT2D eigenvalue weighted by molar-refractivity contribution is 7.88. The number of hydrogen-bond donors (Lipinski definition) is 1. The average Bonchev–Trinajstić information content (AvgIpc) is 2.33. The minimum Gasteiger partial charge on any atom is -0.394 e. The highest BCUT2D eigenvalue weighted by Gasteiger charge is 2.25. The number of aromatic nitrogens is 2. The highest BCUT2D eigenvalue weighted by Crippen LogP contribution is 2.25. The zero-order chi connectivity index (χ0) is 14.2. The summed E-state index contributed by atoms with van der Waals surface area (Å²) in [4.78, 5) is 10.0. The maximum Gasteiger partial charge on any atom is 0.224 e. The van der Waals surface area contributed by atoms with Crippen molar-refractivity contribution < 1.29 is 8.42 Å². The molecule has 2 N–H and O–H groups in total. The first-order valence-electron chi connectivity index (χ1n) is 5.78. The van der Waals surface area contributed by atoms with Gasteiger partial charge in [0.25, 0.3) is 0 Å². The molecule has 0 unspecified atom stereocenters. The van der Waals surface area contributed by atoms with Crippen molar-refractivity contribution in [3.63, 3.8) is 0 Å². The van der Waals surface area contributed by atoms with Gasteiger partial charge in [0.1, 0.15) is 0 Å². The molecule has 9 heteroatoms. The van der Waals surface area contributed by atoms with Crippen LogP contribution in [0, 0.1) is 6.92 Å². The molecule has 0 saturated carbocycles. The highest BCUT2D eigenvalue weighted by atomic mass is 35.5. The molecule has 1 fully saturated rings. The minimum absolute atomic E-state index is 0.146. The monoisotopic (exact) mass is 305 g/mol. The van der Waals surface area contributed by atoms with Crippen LogP contribution in [0.25, 0.3) is 0 Å². The van der Waals surface area contributed by atoms with E-state index in [1.807, 2.05) is 4.90 Å². The van der Waals surface area contributed by atoms with E-state index in [9.17, 15) is 8.42 Å². The molecule has 7 nitrogen and oxygen atoms in total. The van der Waals surface area contributed by atoms with Crippen LogP contribution in [-0.4, -0.2) is 55.1 Å². The van der Waals surface area contributed by atoms with Crippen molar-refractivity contribution in [2.45, 2.75) is 6.92 Å². The van der Waals surface area contributed by atoms with Crippen LogP contribution in [-0.2, 0) is 10.0 Å². The van der Waals surface area contributed by atoms with Crippen molar-refractivity contribution in [2.24, 2.45) is 0 Å². The first-order valence-corrected chi connectivity index (χ1v) is 8.01. The van der Waals surface area contributed by atoms with Gasteiger partial charge in [-0.25, -0.2) is 13.4 Å². The number of rotatable bonds is 2. The number of piperazine rings is 1. The van der Waals surface area contributed by atoms with E-state index in [1.165, 1.54) is 10.6 Å². The molecule has 0 aromatic carbocycles. The maximum atomic E-state index is 11.4. The fourth-order valence-corrected chi connectivity index (χ4v) is 3.04. The van der Waals surface area contributed by atoms with Crippen LogP contribution in [0.15, 0.2) is 0 Å². The smallest absolute Gasteiger partial charge is 0.224 e. The first-order chi connectivity index (χ1) is 8.79. The van der Waals surface area contributed by atoms with Crippen molar-refractivity contribution in [2.75, 3.05) is 43.1 Å². The number of nitrogen functional groups attached to an aromatic ring is 1. The topological polar surface area (TPSA) is 92.4 Å². The van der Waals surface area contributed by atoms with Gasteiger partial charge >= 0.3 is 0 Å². The van der Waals surface area contributed by atoms with Crippen LogP contribution in [0.5, 0.6) is 0 Å². The number of sulfonamides is 1. The first kappa shape index (κ1) is 14.3. The molecule has 1 aliphatic heterocycles. The van der Waals surface area contributed by atoms with Gasteiger partial charge in [-0.15, -0.1) is 0 Å². The molecule has 2 heterocycles. The molecule has 19 heavy (non-hydrogen) atoms. The van der Waals surface area contributed by atoms with E-state index < -0.39 is 10.0 Å². The second-order valence-electron chi connectivity index (χ2n) is 4.46. The molecule has 0 atom stereocenters. The van der Waals surface area contributed by atoms with Gasteiger partial charge in [0.2, 0.25) is 15.3 Å². The van der Waals surface area contributed by atoms with Crippen LogP contribution in [0.3, 0.4) is 0 Å². The Morgan fingerprint density at radius 2 is 1.79 bits per heavy atom. The number of nitrogens with two attached hydrogens (primary N) is 1. The van der Waals surface area contributed by atoms with Crippen molar-refractivity contribution in [3.8, 4) is 0 Å². The molecule has 1 aromatic rings. The number of anilines is 2. The van der Waals surface area contributed by atoms with Crippen molar-refractivity contribution in [1.29, 1.82) is 0 Å². The number of nitrogens with zero attached hydrogens (tertiary/aromatic N) is 4. The van der Waals surface area contributed by atoms with Crippen LogP contribution in [0.1, 0.15) is 5.69 Å². The Labute approximate surface area is 117 Å². The molecule has 1 aliphatic rings. The lowest BCUT2D eigenvalue weighted by Gasteiger charge is -2.34. The molecule has 0 bridgehead atoms. The summed E-state index contributed by atoms with van der Waals surface area (Å²) < 4.78 is 24.3. The third kappa shape index (κ3) is 3.07. The van der Waals surface area contributed by atoms with Crippen molar-refractivity contribution in [3.05, 3.63) is 11.0 Å². The van der Waals surface area contributed by atoms with Crippen LogP contribution in [0.2, 0.25) is 5.28 Å². The van der Waals surface area contributed by atoms with Gasteiger partial charge in [-0.2, -0.15) is 9.29 Å². The van der Waals surface area contributed by atoms with E-state index in [1.54, 1.807) is 6.92 Å². The van der Waals surface area contributed by atoms with Crippen molar-refractivity contribution in [1.82, 2.24) is 14.3 Å². The standard InChI is InChI=1S/C10H16ClN5O2S/c1-7-8(12)9(14-10(11)13-7)15-3-5-16(6-4-15)19(2,17)18/h3-6,12H2,1-2H3. The lowest BCUT2D eigenvalue weighted by atomic mass is 10.3. The molecule has 106 valence electrons. The molecule has 1 saturated heterocycles. The fraction of sp³-hybridized carbons (Fsp3) is 0.600. The normalized spacial score (nSPS) is 17.7. The summed E-state index contributed by atoms with van der Waals surface area (Å²) in [6.45, 7) is 3.66. The quantitative estimate of drug-likeness (QED) is 0.779. The van der Waals surface area contributed by atoms with E-state index in [2.05, 4.69) is 9.97 Å². The van der Waals surface area contributed by atoms with E-state index in [4.69, 9.17) is 17.3 Å². The Morgan fingerprint density at radius 1 is 1.21 bits per heavy atom. The summed E-state index contributed by atoms with van der Waals surface area (Å²) in [7, 11) is -3.14. The number of halogens is 1. The van der Waals surface area contributed by atoms with E-state index in [0.29, 0.717) is 43.4 Å². The lowest BCUT2D eigenvalue weighted by molar-refractivity contribution is 0.387. The largest absolute Gasteiger partial charge is 0.394 e. The molecule has 0 aliphatic carbocycles. The summed E-state index contributed by atoms with van der Waals surface area (Å²) in [5.41, 5.74) is 7.05. The van der Waals surface area contributed by atoms with Gasteiger partial charge in [-0.05, 0) is 18.5 Å². The number of hydrogen-bond acceptors (Lipinski definition) is 6. The zero-order valence-corrected chi connectivity index (χ0v) is 12.4. The second kappa shape index (κ2) is 5.10. The van der Waals surface area contributed by atoms with Gasteiger partial charge in [0.05, 0.1) is 17.6 Å². The third-order valence-corrected chi connectivity index (χ3v) is 4.57. The third-order valence-electron chi connectivity index (χ3n) is 3.10. The second-order valence-corrected chi connectivity index (χ2v) is 6.78. The minimum atomic E-state index is -3.14. The van der Waals surface area contributed by atoms with Gasteiger partial charge in [0.15, 0.2) is 5.82 Å². The van der Waals surface area contributed by atoms with Gasteiger partial charge < -0.3 is 10.6 Å². The Balaban J connectivity index is 2.19. The average molecular weight is 306 g/mol. The van der Waals surface area contributed by atoms with Crippen LogP contribution in [0.4, 0.5) is 11.5 Å². The Morgan fingerprint density at radius 3 is 2.32 bits per heavy atom. The Hall–Kier alpha value is -1.12. The maximum absolute atomic E-state index is 11.4. The molecule has 0 radical (unpaired) electrons. The van der Waals surface area contributed by atoms with Crippen molar-refractivity contribution >= 4 is 33.1 Å². The lowest BCUT2D eigenvalue weighted by Crippen LogP contribution is -2.48. The Kier molecular flexibility index (Phi) is 3.84. The molecule has 2 rings (SSSR count). The fourth-order valence-electron chi connectivity index (χ4n) is 2.01. The summed E-state index contributed by atoms with van der Waals surface area (Å²) in [5, 5.41) is 0.146. The Bertz CT molecular complexity index is 584. The predicted octanol–water partition coefficient (Wildman–Crippen LogP) is 0.102. The summed E-state index contributed by atoms with van der Waals surface area (Å²) in [6, 6.07) is 0. The summed E-state index contributed by atoms with van der Waals surface area (Å²) in [5.74, 6) is 0.575. The van der Waals surface area contributed by atoms with E-state index >= 15 is 0 Å². The van der Waals surface area contributed by atoms with Gasteiger partial charge in [0, 0.05) is 26.2 Å².